The minimum atomic E-state index is -3.63. The monoisotopic (exact) mass is 336 g/mol. The smallest absolute Gasteiger partial charge is 0.241 e. The molecule has 2 aromatic rings. The molecule has 0 fully saturated rings. The van der Waals surface area contributed by atoms with Crippen molar-refractivity contribution < 1.29 is 17.6 Å². The van der Waals surface area contributed by atoms with E-state index < -0.39 is 10.0 Å². The van der Waals surface area contributed by atoms with Crippen molar-refractivity contribution in [3.8, 4) is 0 Å². The van der Waals surface area contributed by atoms with Crippen molar-refractivity contribution in [1.29, 1.82) is 0 Å². The Kier molecular flexibility index (Phi) is 5.23. The first-order valence-electron chi connectivity index (χ1n) is 7.19. The van der Waals surface area contributed by atoms with Crippen LogP contribution in [0.4, 0.5) is 5.69 Å². The van der Waals surface area contributed by atoms with Gasteiger partial charge in [0.25, 0.3) is 0 Å². The van der Waals surface area contributed by atoms with Gasteiger partial charge in [0, 0.05) is 18.7 Å². The van der Waals surface area contributed by atoms with E-state index in [1.165, 1.54) is 13.0 Å². The third kappa shape index (κ3) is 4.67. The van der Waals surface area contributed by atoms with Gasteiger partial charge in [-0.1, -0.05) is 0 Å². The van der Waals surface area contributed by atoms with Crippen LogP contribution in [-0.4, -0.2) is 20.4 Å². The average molecular weight is 336 g/mol. The van der Waals surface area contributed by atoms with Crippen LogP contribution in [0.15, 0.2) is 46.1 Å². The fourth-order valence-corrected chi connectivity index (χ4v) is 3.83. The molecule has 0 aliphatic carbocycles. The van der Waals surface area contributed by atoms with Crippen molar-refractivity contribution >= 4 is 21.6 Å². The highest BCUT2D eigenvalue weighted by atomic mass is 32.2. The number of rotatable bonds is 6. The Labute approximate surface area is 135 Å². The van der Waals surface area contributed by atoms with Crippen LogP contribution in [0.2, 0.25) is 0 Å². The highest BCUT2D eigenvalue weighted by Gasteiger charge is 2.20. The van der Waals surface area contributed by atoms with Crippen LogP contribution >= 0.6 is 0 Å². The summed E-state index contributed by atoms with van der Waals surface area (Å²) in [6.07, 6.45) is 3.69. The van der Waals surface area contributed by atoms with Crippen LogP contribution in [0.25, 0.3) is 0 Å². The molecule has 1 heterocycles. The molecule has 0 saturated heterocycles. The van der Waals surface area contributed by atoms with E-state index in [-0.39, 0.29) is 16.8 Å². The molecule has 0 unspecified atom stereocenters. The molecule has 1 atom stereocenters. The van der Waals surface area contributed by atoms with Gasteiger partial charge in [-0.3, -0.25) is 4.79 Å². The second-order valence-corrected chi connectivity index (χ2v) is 7.20. The zero-order chi connectivity index (χ0) is 17.0. The Balaban J connectivity index is 2.14. The SMILES string of the molecule is CC(=O)Nc1ccc(S(=O)(=O)N[C@@H](C)Cc2ccoc2)c(C)c1. The molecule has 1 aromatic carbocycles. The van der Waals surface area contributed by atoms with E-state index in [4.69, 9.17) is 4.42 Å². The lowest BCUT2D eigenvalue weighted by Gasteiger charge is -2.15. The third-order valence-corrected chi connectivity index (χ3v) is 5.01. The Morgan fingerprint density at radius 1 is 1.30 bits per heavy atom. The van der Waals surface area contributed by atoms with Crippen molar-refractivity contribution in [1.82, 2.24) is 4.72 Å². The number of sulfonamides is 1. The highest BCUT2D eigenvalue weighted by molar-refractivity contribution is 7.89. The topological polar surface area (TPSA) is 88.4 Å². The average Bonchev–Trinajstić information content (AvgIpc) is 2.89. The normalized spacial score (nSPS) is 12.8. The van der Waals surface area contributed by atoms with Gasteiger partial charge in [0.2, 0.25) is 15.9 Å². The van der Waals surface area contributed by atoms with Gasteiger partial charge in [0.1, 0.15) is 0 Å². The van der Waals surface area contributed by atoms with Gasteiger partial charge in [-0.05, 0) is 55.7 Å². The Bertz CT molecular complexity index is 782. The standard InChI is InChI=1S/C16H20N2O4S/c1-11-8-15(17-13(3)19)4-5-16(11)23(20,21)18-12(2)9-14-6-7-22-10-14/h4-8,10,12,18H,9H2,1-3H3,(H,17,19)/t12-/m0/s1. The highest BCUT2D eigenvalue weighted by Crippen LogP contribution is 2.20. The lowest BCUT2D eigenvalue weighted by atomic mass is 10.1. The number of benzene rings is 1. The van der Waals surface area contributed by atoms with Crippen LogP contribution in [0.3, 0.4) is 0 Å². The van der Waals surface area contributed by atoms with Crippen molar-refractivity contribution in [2.75, 3.05) is 5.32 Å². The van der Waals surface area contributed by atoms with E-state index in [9.17, 15) is 13.2 Å². The number of carbonyl (C=O) groups excluding carboxylic acids is 1. The van der Waals surface area contributed by atoms with Gasteiger partial charge in [-0.2, -0.15) is 0 Å². The fourth-order valence-electron chi connectivity index (χ4n) is 2.36. The molecule has 0 saturated carbocycles. The van der Waals surface area contributed by atoms with E-state index in [1.807, 2.05) is 0 Å². The number of nitrogens with one attached hydrogen (secondary N) is 2. The molecule has 0 aliphatic heterocycles. The number of aryl methyl sites for hydroxylation is 1. The molecule has 7 heteroatoms. The molecule has 124 valence electrons. The maximum Gasteiger partial charge on any atom is 0.241 e. The minimum Gasteiger partial charge on any atom is -0.472 e. The van der Waals surface area contributed by atoms with Crippen LogP contribution in [-0.2, 0) is 21.2 Å². The molecule has 2 rings (SSSR count). The van der Waals surface area contributed by atoms with Crippen LogP contribution in [0.5, 0.6) is 0 Å². The van der Waals surface area contributed by atoms with Crippen molar-refractivity contribution in [3.63, 3.8) is 0 Å². The molecule has 6 nitrogen and oxygen atoms in total. The van der Waals surface area contributed by atoms with E-state index in [0.29, 0.717) is 17.7 Å². The number of carbonyl (C=O) groups is 1. The van der Waals surface area contributed by atoms with Crippen LogP contribution in [0, 0.1) is 6.92 Å². The Morgan fingerprint density at radius 2 is 2.04 bits per heavy atom. The van der Waals surface area contributed by atoms with Crippen molar-refractivity contribution in [3.05, 3.63) is 47.9 Å². The summed E-state index contributed by atoms with van der Waals surface area (Å²) in [5.41, 5.74) is 2.07. The quantitative estimate of drug-likeness (QED) is 0.848. The Hall–Kier alpha value is -2.12. The predicted octanol–water partition coefficient (Wildman–Crippen LogP) is 2.46. The van der Waals surface area contributed by atoms with E-state index in [2.05, 4.69) is 10.0 Å². The van der Waals surface area contributed by atoms with Gasteiger partial charge >= 0.3 is 0 Å². The molecule has 23 heavy (non-hydrogen) atoms. The summed E-state index contributed by atoms with van der Waals surface area (Å²) in [6.45, 7) is 4.89. The van der Waals surface area contributed by atoms with E-state index in [1.54, 1.807) is 44.6 Å². The molecule has 1 amide bonds. The summed E-state index contributed by atoms with van der Waals surface area (Å²) >= 11 is 0. The van der Waals surface area contributed by atoms with Crippen molar-refractivity contribution in [2.24, 2.45) is 0 Å². The van der Waals surface area contributed by atoms with Crippen LogP contribution < -0.4 is 10.0 Å². The Morgan fingerprint density at radius 3 is 2.61 bits per heavy atom. The summed E-state index contributed by atoms with van der Waals surface area (Å²) in [7, 11) is -3.63. The molecular formula is C16H20N2O4S. The molecule has 1 aromatic heterocycles. The van der Waals surface area contributed by atoms with Crippen molar-refractivity contribution in [2.45, 2.75) is 38.1 Å². The molecular weight excluding hydrogens is 316 g/mol. The lowest BCUT2D eigenvalue weighted by Crippen LogP contribution is -2.34. The van der Waals surface area contributed by atoms with Gasteiger partial charge < -0.3 is 9.73 Å². The summed E-state index contributed by atoms with van der Waals surface area (Å²) < 4.78 is 32.6. The lowest BCUT2D eigenvalue weighted by molar-refractivity contribution is -0.114. The van der Waals surface area contributed by atoms with Gasteiger partial charge in [-0.15, -0.1) is 0 Å². The number of hydrogen-bond donors (Lipinski definition) is 2. The predicted molar refractivity (Wildman–Crippen MR) is 87.7 cm³/mol. The molecule has 0 aliphatic rings. The first kappa shape index (κ1) is 17.2. The number of hydrogen-bond acceptors (Lipinski definition) is 4. The van der Waals surface area contributed by atoms with Gasteiger partial charge in [0.15, 0.2) is 0 Å². The largest absolute Gasteiger partial charge is 0.472 e. The first-order chi connectivity index (χ1) is 10.8. The number of furan rings is 1. The maximum atomic E-state index is 12.5. The third-order valence-electron chi connectivity index (χ3n) is 3.26. The second-order valence-electron chi connectivity index (χ2n) is 5.52. The van der Waals surface area contributed by atoms with E-state index >= 15 is 0 Å². The fraction of sp³-hybridized carbons (Fsp3) is 0.312. The van der Waals surface area contributed by atoms with Crippen LogP contribution in [0.1, 0.15) is 25.0 Å². The zero-order valence-electron chi connectivity index (χ0n) is 13.3. The zero-order valence-corrected chi connectivity index (χ0v) is 14.1. The molecule has 2 N–H and O–H groups in total. The second kappa shape index (κ2) is 6.97. The summed E-state index contributed by atoms with van der Waals surface area (Å²) in [5.74, 6) is -0.202. The van der Waals surface area contributed by atoms with Gasteiger partial charge in [-0.25, -0.2) is 13.1 Å². The molecule has 0 bridgehead atoms. The first-order valence-corrected chi connectivity index (χ1v) is 8.68. The maximum absolute atomic E-state index is 12.5. The summed E-state index contributed by atoms with van der Waals surface area (Å²) in [6, 6.07) is 6.23. The number of anilines is 1. The summed E-state index contributed by atoms with van der Waals surface area (Å²) in [4.78, 5) is 11.3. The molecule has 0 spiro atoms. The number of amides is 1. The van der Waals surface area contributed by atoms with E-state index in [0.717, 1.165) is 5.56 Å². The van der Waals surface area contributed by atoms with Gasteiger partial charge in [0.05, 0.1) is 17.4 Å². The molecule has 0 radical (unpaired) electrons. The summed E-state index contributed by atoms with van der Waals surface area (Å²) in [5, 5.41) is 2.63. The minimum absolute atomic E-state index is 0.200.